The fraction of sp³-hybridized carbons (Fsp3) is 0.556. The Bertz CT molecular complexity index is 1140. The van der Waals surface area contributed by atoms with Crippen LogP contribution in [0.5, 0.6) is 0 Å². The summed E-state index contributed by atoms with van der Waals surface area (Å²) in [4.78, 5) is 11.7. The minimum absolute atomic E-state index is 0.234. The highest BCUT2D eigenvalue weighted by Crippen LogP contribution is 2.37. The summed E-state index contributed by atoms with van der Waals surface area (Å²) in [5.74, 6) is 0.365. The van der Waals surface area contributed by atoms with Gasteiger partial charge in [-0.15, -0.1) is 0 Å². The molecule has 3 heterocycles. The Balaban J connectivity index is 1.44. The molecule has 1 aromatic carbocycles. The molecular weight excluding hydrogens is 462 g/mol. The number of rotatable bonds is 8. The zero-order valence-electron chi connectivity index (χ0n) is 20.8. The van der Waals surface area contributed by atoms with Crippen LogP contribution in [0.4, 0.5) is 14.7 Å². The van der Waals surface area contributed by atoms with E-state index in [-0.39, 0.29) is 18.6 Å². The molecule has 1 aliphatic heterocycles. The molecule has 5 rings (SSSR count). The number of benzene rings is 1. The van der Waals surface area contributed by atoms with E-state index in [4.69, 9.17) is 4.98 Å². The predicted octanol–water partition coefficient (Wildman–Crippen LogP) is 4.44. The van der Waals surface area contributed by atoms with E-state index in [1.807, 2.05) is 0 Å². The first-order chi connectivity index (χ1) is 17.5. The molecule has 0 spiro atoms. The van der Waals surface area contributed by atoms with Crippen molar-refractivity contribution >= 4 is 17.0 Å². The van der Waals surface area contributed by atoms with E-state index in [0.717, 1.165) is 80.6 Å². The summed E-state index contributed by atoms with van der Waals surface area (Å²) >= 11 is 0. The summed E-state index contributed by atoms with van der Waals surface area (Å²) in [6.07, 6.45) is 4.36. The van der Waals surface area contributed by atoms with E-state index in [0.29, 0.717) is 5.95 Å². The number of halogens is 2. The van der Waals surface area contributed by atoms with Crippen molar-refractivity contribution in [3.8, 4) is 11.1 Å². The Hall–Kier alpha value is -2.62. The quantitative estimate of drug-likeness (QED) is 0.426. The van der Waals surface area contributed by atoms with Crippen molar-refractivity contribution in [3.05, 3.63) is 42.2 Å². The third-order valence-corrected chi connectivity index (χ3v) is 7.42. The van der Waals surface area contributed by atoms with E-state index in [2.05, 4.69) is 55.5 Å². The van der Waals surface area contributed by atoms with Crippen LogP contribution < -0.4 is 10.6 Å². The van der Waals surface area contributed by atoms with Crippen molar-refractivity contribution < 1.29 is 13.9 Å². The highest BCUT2D eigenvalue weighted by atomic mass is 19.3. The summed E-state index contributed by atoms with van der Waals surface area (Å²) in [6.45, 7) is 6.86. The first-order valence-electron chi connectivity index (χ1n) is 13.1. The van der Waals surface area contributed by atoms with Crippen LogP contribution in [-0.2, 0) is 6.54 Å². The standard InChI is InChI=1S/C27H36F2N6O/c1-18(14-25(28)29)32-27-31-15-23-24(17-35(26(23)33-27)21-6-8-22(36)9-7-21)20-4-2-19(3-5-20)16-34-12-10-30-11-13-34/h2-5,15,17-18,21-22,25,30,36H,6-14,16H2,1H3,(H,31,32,33)/t18-,21-,22-/m1/s1. The number of hydrogen-bond donors (Lipinski definition) is 3. The highest BCUT2D eigenvalue weighted by molar-refractivity contribution is 5.94. The number of fused-ring (bicyclic) bond motifs is 1. The molecule has 194 valence electrons. The summed E-state index contributed by atoms with van der Waals surface area (Å²) < 4.78 is 27.8. The molecule has 0 bridgehead atoms. The molecule has 7 nitrogen and oxygen atoms in total. The maximum atomic E-state index is 12.8. The Morgan fingerprint density at radius 2 is 1.83 bits per heavy atom. The number of alkyl halides is 2. The van der Waals surface area contributed by atoms with Crippen LogP contribution in [0.15, 0.2) is 36.7 Å². The van der Waals surface area contributed by atoms with Gasteiger partial charge in [0, 0.05) is 74.6 Å². The Labute approximate surface area is 210 Å². The number of anilines is 1. The second-order valence-corrected chi connectivity index (χ2v) is 10.2. The van der Waals surface area contributed by atoms with Crippen LogP contribution in [0.2, 0.25) is 0 Å². The molecule has 3 aromatic rings. The topological polar surface area (TPSA) is 78.2 Å². The van der Waals surface area contributed by atoms with E-state index in [9.17, 15) is 13.9 Å². The second kappa shape index (κ2) is 11.2. The van der Waals surface area contributed by atoms with E-state index < -0.39 is 12.5 Å². The van der Waals surface area contributed by atoms with Crippen LogP contribution in [0, 0.1) is 0 Å². The van der Waals surface area contributed by atoms with Crippen LogP contribution in [0.3, 0.4) is 0 Å². The smallest absolute Gasteiger partial charge is 0.240 e. The molecule has 1 atom stereocenters. The molecule has 1 saturated heterocycles. The molecule has 2 aromatic heterocycles. The van der Waals surface area contributed by atoms with Gasteiger partial charge in [0.2, 0.25) is 12.4 Å². The summed E-state index contributed by atoms with van der Waals surface area (Å²) in [5.41, 5.74) is 4.27. The van der Waals surface area contributed by atoms with Crippen molar-refractivity contribution in [2.45, 2.75) is 70.2 Å². The minimum atomic E-state index is -2.38. The number of piperazine rings is 1. The lowest BCUT2D eigenvalue weighted by atomic mass is 9.93. The second-order valence-electron chi connectivity index (χ2n) is 10.2. The number of nitrogens with zero attached hydrogens (tertiary/aromatic N) is 4. The van der Waals surface area contributed by atoms with Crippen LogP contribution >= 0.6 is 0 Å². The van der Waals surface area contributed by atoms with Crippen LogP contribution in [-0.4, -0.2) is 69.3 Å². The summed E-state index contributed by atoms with van der Waals surface area (Å²) in [7, 11) is 0. The van der Waals surface area contributed by atoms with Gasteiger partial charge >= 0.3 is 0 Å². The first kappa shape index (κ1) is 25.0. The Morgan fingerprint density at radius 3 is 2.53 bits per heavy atom. The molecule has 0 radical (unpaired) electrons. The summed E-state index contributed by atoms with van der Waals surface area (Å²) in [6, 6.07) is 8.52. The lowest BCUT2D eigenvalue weighted by Crippen LogP contribution is -2.42. The monoisotopic (exact) mass is 498 g/mol. The van der Waals surface area contributed by atoms with Gasteiger partial charge in [-0.25, -0.2) is 13.8 Å². The third-order valence-electron chi connectivity index (χ3n) is 7.42. The van der Waals surface area contributed by atoms with E-state index in [1.54, 1.807) is 13.1 Å². The minimum Gasteiger partial charge on any atom is -0.393 e. The van der Waals surface area contributed by atoms with Crippen molar-refractivity contribution in [1.82, 2.24) is 24.8 Å². The first-order valence-corrected chi connectivity index (χ1v) is 13.1. The zero-order chi connectivity index (χ0) is 25.1. The number of aliphatic hydroxyl groups excluding tert-OH is 1. The number of aromatic nitrogens is 3. The van der Waals surface area contributed by atoms with Gasteiger partial charge in [0.25, 0.3) is 0 Å². The van der Waals surface area contributed by atoms with Crippen LogP contribution in [0.25, 0.3) is 22.2 Å². The van der Waals surface area contributed by atoms with Crippen molar-refractivity contribution in [2.75, 3.05) is 31.5 Å². The molecule has 2 aliphatic rings. The van der Waals surface area contributed by atoms with Crippen molar-refractivity contribution in [1.29, 1.82) is 0 Å². The van der Waals surface area contributed by atoms with Gasteiger partial charge in [-0.3, -0.25) is 4.90 Å². The number of aliphatic hydroxyl groups is 1. The van der Waals surface area contributed by atoms with Crippen LogP contribution in [0.1, 0.15) is 50.6 Å². The SMILES string of the molecule is C[C@H](CC(F)F)Nc1ncc2c(-c3ccc(CN4CCNCC4)cc3)cn([C@H]3CC[C@H](O)CC3)c2n1. The average Bonchev–Trinajstić information content (AvgIpc) is 3.24. The van der Waals surface area contributed by atoms with Gasteiger partial charge in [0.05, 0.1) is 6.10 Å². The maximum Gasteiger partial charge on any atom is 0.240 e. The van der Waals surface area contributed by atoms with E-state index in [1.165, 1.54) is 5.56 Å². The number of nitrogens with one attached hydrogen (secondary N) is 2. The molecule has 0 amide bonds. The lowest BCUT2D eigenvalue weighted by Gasteiger charge is -2.27. The molecule has 1 aliphatic carbocycles. The zero-order valence-corrected chi connectivity index (χ0v) is 20.8. The van der Waals surface area contributed by atoms with Crippen molar-refractivity contribution in [2.24, 2.45) is 0 Å². The Kier molecular flexibility index (Phi) is 7.79. The predicted molar refractivity (Wildman–Crippen MR) is 138 cm³/mol. The van der Waals surface area contributed by atoms with Gasteiger partial charge in [-0.2, -0.15) is 4.98 Å². The van der Waals surface area contributed by atoms with E-state index >= 15 is 0 Å². The molecule has 36 heavy (non-hydrogen) atoms. The Morgan fingerprint density at radius 1 is 1.11 bits per heavy atom. The molecule has 0 unspecified atom stereocenters. The van der Waals surface area contributed by atoms with Gasteiger partial charge < -0.3 is 20.3 Å². The molecule has 2 fully saturated rings. The number of hydrogen-bond acceptors (Lipinski definition) is 6. The fourth-order valence-corrected chi connectivity index (χ4v) is 5.41. The average molecular weight is 499 g/mol. The van der Waals surface area contributed by atoms with Crippen molar-refractivity contribution in [3.63, 3.8) is 0 Å². The molecule has 1 saturated carbocycles. The lowest BCUT2D eigenvalue weighted by molar-refractivity contribution is 0.111. The fourth-order valence-electron chi connectivity index (χ4n) is 5.41. The van der Waals surface area contributed by atoms with Gasteiger partial charge in [-0.05, 0) is 43.7 Å². The molecular formula is C27H36F2N6O. The maximum absolute atomic E-state index is 12.8. The molecule has 9 heteroatoms. The van der Waals surface area contributed by atoms with Gasteiger partial charge in [0.15, 0.2) is 0 Å². The molecule has 3 N–H and O–H groups in total. The largest absolute Gasteiger partial charge is 0.393 e. The highest BCUT2D eigenvalue weighted by Gasteiger charge is 2.24. The summed E-state index contributed by atoms with van der Waals surface area (Å²) in [5, 5.41) is 17.4. The third kappa shape index (κ3) is 5.85. The van der Waals surface area contributed by atoms with Gasteiger partial charge in [0.1, 0.15) is 5.65 Å². The van der Waals surface area contributed by atoms with Gasteiger partial charge in [-0.1, -0.05) is 24.3 Å². The normalized spacial score (nSPS) is 22.2.